The van der Waals surface area contributed by atoms with E-state index in [1.54, 1.807) is 19.9 Å². The second-order valence-electron chi connectivity index (χ2n) is 3.86. The van der Waals surface area contributed by atoms with Crippen molar-refractivity contribution in [1.29, 1.82) is 0 Å². The maximum Gasteiger partial charge on any atom is 0.390 e. The summed E-state index contributed by atoms with van der Waals surface area (Å²) in [5.74, 6) is 0.153. The van der Waals surface area contributed by atoms with Crippen LogP contribution >= 0.6 is 0 Å². The lowest BCUT2D eigenvalue weighted by Crippen LogP contribution is -2.28. The molecule has 0 saturated heterocycles. The summed E-state index contributed by atoms with van der Waals surface area (Å²) in [6.45, 7) is 3.92. The lowest BCUT2D eigenvalue weighted by molar-refractivity contribution is -0.140. The zero-order valence-corrected chi connectivity index (χ0v) is 9.80. The van der Waals surface area contributed by atoms with Gasteiger partial charge in [-0.1, -0.05) is 6.92 Å². The Balaban J connectivity index is 3.05. The summed E-state index contributed by atoms with van der Waals surface area (Å²) in [5.41, 5.74) is 6.81. The molecule has 0 bridgehead atoms. The zero-order chi connectivity index (χ0) is 13.1. The Morgan fingerprint density at radius 3 is 2.59 bits per heavy atom. The van der Waals surface area contributed by atoms with E-state index >= 15 is 0 Å². The van der Waals surface area contributed by atoms with E-state index in [-0.39, 0.29) is 5.82 Å². The number of aromatic nitrogens is 1. The number of halogens is 3. The summed E-state index contributed by atoms with van der Waals surface area (Å²) in [6.07, 6.45) is -3.69. The largest absolute Gasteiger partial charge is 0.390 e. The molecule has 0 radical (unpaired) electrons. The van der Waals surface area contributed by atoms with Crippen LogP contribution in [-0.4, -0.2) is 17.7 Å². The van der Waals surface area contributed by atoms with E-state index in [4.69, 9.17) is 5.73 Å². The van der Waals surface area contributed by atoms with E-state index < -0.39 is 18.6 Å². The van der Waals surface area contributed by atoms with Crippen molar-refractivity contribution in [3.05, 3.63) is 23.4 Å². The Kier molecular flexibility index (Phi) is 4.34. The quantitative estimate of drug-likeness (QED) is 0.859. The van der Waals surface area contributed by atoms with Gasteiger partial charge in [-0.2, -0.15) is 13.2 Å². The monoisotopic (exact) mass is 247 g/mol. The van der Waals surface area contributed by atoms with Crippen LogP contribution in [0.4, 0.5) is 19.0 Å². The van der Waals surface area contributed by atoms with Gasteiger partial charge in [0.05, 0.1) is 6.42 Å². The van der Waals surface area contributed by atoms with Gasteiger partial charge in [-0.25, -0.2) is 4.98 Å². The molecule has 1 aromatic rings. The summed E-state index contributed by atoms with van der Waals surface area (Å²) in [5, 5.41) is 2.80. The van der Waals surface area contributed by atoms with Crippen molar-refractivity contribution < 1.29 is 13.2 Å². The van der Waals surface area contributed by atoms with Crippen LogP contribution in [0.1, 0.15) is 30.5 Å². The lowest BCUT2D eigenvalue weighted by Gasteiger charge is -2.22. The van der Waals surface area contributed by atoms with Crippen LogP contribution in [0.5, 0.6) is 0 Å². The number of hydrogen-bond acceptors (Lipinski definition) is 3. The van der Waals surface area contributed by atoms with Gasteiger partial charge in [0.25, 0.3) is 0 Å². The summed E-state index contributed by atoms with van der Waals surface area (Å²) in [6, 6.07) is 0.820. The van der Waals surface area contributed by atoms with Gasteiger partial charge in [0, 0.05) is 17.8 Å². The first kappa shape index (κ1) is 13.8. The SMILES string of the molecule is CCNC(CC(F)(F)F)c1c(C)ccnc1N. The number of aryl methyl sites for hydroxylation is 1. The fourth-order valence-electron chi connectivity index (χ4n) is 1.80. The highest BCUT2D eigenvalue weighted by Gasteiger charge is 2.33. The van der Waals surface area contributed by atoms with Crippen LogP contribution in [0.25, 0.3) is 0 Å². The van der Waals surface area contributed by atoms with Crippen molar-refractivity contribution in [2.75, 3.05) is 12.3 Å². The molecule has 1 atom stereocenters. The normalized spacial score (nSPS) is 13.7. The first-order valence-corrected chi connectivity index (χ1v) is 5.36. The van der Waals surface area contributed by atoms with Gasteiger partial charge in [0.2, 0.25) is 0 Å². The molecule has 0 aliphatic rings. The van der Waals surface area contributed by atoms with Crippen molar-refractivity contribution in [1.82, 2.24) is 10.3 Å². The van der Waals surface area contributed by atoms with Gasteiger partial charge in [-0.15, -0.1) is 0 Å². The lowest BCUT2D eigenvalue weighted by atomic mass is 9.99. The molecule has 0 amide bonds. The van der Waals surface area contributed by atoms with Gasteiger partial charge in [-0.3, -0.25) is 0 Å². The number of nitrogens with zero attached hydrogens (tertiary/aromatic N) is 1. The molecule has 0 aromatic carbocycles. The molecule has 6 heteroatoms. The second kappa shape index (κ2) is 5.35. The molecule has 1 unspecified atom stereocenters. The molecule has 1 rings (SSSR count). The van der Waals surface area contributed by atoms with Crippen molar-refractivity contribution in [3.63, 3.8) is 0 Å². The van der Waals surface area contributed by atoms with Crippen LogP contribution in [0, 0.1) is 6.92 Å². The number of pyridine rings is 1. The van der Waals surface area contributed by atoms with Crippen LogP contribution < -0.4 is 11.1 Å². The fourth-order valence-corrected chi connectivity index (χ4v) is 1.80. The van der Waals surface area contributed by atoms with E-state index in [9.17, 15) is 13.2 Å². The van der Waals surface area contributed by atoms with Crippen molar-refractivity contribution >= 4 is 5.82 Å². The number of anilines is 1. The molecule has 3 N–H and O–H groups in total. The molecule has 17 heavy (non-hydrogen) atoms. The van der Waals surface area contributed by atoms with Gasteiger partial charge < -0.3 is 11.1 Å². The number of nitrogen functional groups attached to an aromatic ring is 1. The third kappa shape index (κ3) is 3.89. The molecule has 0 fully saturated rings. The van der Waals surface area contributed by atoms with Crippen LogP contribution in [-0.2, 0) is 0 Å². The molecular weight excluding hydrogens is 231 g/mol. The molecular formula is C11H16F3N3. The summed E-state index contributed by atoms with van der Waals surface area (Å²) < 4.78 is 37.4. The molecule has 0 aliphatic carbocycles. The van der Waals surface area contributed by atoms with E-state index in [1.165, 1.54) is 6.20 Å². The highest BCUT2D eigenvalue weighted by atomic mass is 19.4. The highest BCUT2D eigenvalue weighted by molar-refractivity contribution is 5.46. The minimum absolute atomic E-state index is 0.153. The van der Waals surface area contributed by atoms with Crippen molar-refractivity contribution in [2.45, 2.75) is 32.5 Å². The maximum absolute atomic E-state index is 12.5. The van der Waals surface area contributed by atoms with Crippen LogP contribution in [0.2, 0.25) is 0 Å². The predicted octanol–water partition coefficient (Wildman–Crippen LogP) is 2.58. The summed E-state index contributed by atoms with van der Waals surface area (Å²) in [4.78, 5) is 3.84. The Bertz CT molecular complexity index is 356. The number of rotatable bonds is 4. The second-order valence-corrected chi connectivity index (χ2v) is 3.86. The van der Waals surface area contributed by atoms with Crippen molar-refractivity contribution in [3.8, 4) is 0 Å². The van der Waals surface area contributed by atoms with E-state index in [0.29, 0.717) is 17.7 Å². The Hall–Kier alpha value is -1.30. The predicted molar refractivity (Wildman–Crippen MR) is 60.5 cm³/mol. The molecule has 0 spiro atoms. The molecule has 0 saturated carbocycles. The Morgan fingerprint density at radius 2 is 2.12 bits per heavy atom. The average molecular weight is 247 g/mol. The topological polar surface area (TPSA) is 50.9 Å². The van der Waals surface area contributed by atoms with E-state index in [0.717, 1.165) is 0 Å². The number of hydrogen-bond donors (Lipinski definition) is 2. The standard InChI is InChI=1S/C11H16F3N3/c1-3-16-8(6-11(12,13)14)9-7(2)4-5-17-10(9)15/h4-5,8,16H,3,6H2,1-2H3,(H2,15,17). The third-order valence-electron chi connectivity index (χ3n) is 2.47. The van der Waals surface area contributed by atoms with E-state index in [1.807, 2.05) is 0 Å². The summed E-state index contributed by atoms with van der Waals surface area (Å²) in [7, 11) is 0. The van der Waals surface area contributed by atoms with E-state index in [2.05, 4.69) is 10.3 Å². The van der Waals surface area contributed by atoms with Gasteiger partial charge in [-0.05, 0) is 25.1 Å². The highest BCUT2D eigenvalue weighted by Crippen LogP contribution is 2.32. The molecule has 96 valence electrons. The first-order chi connectivity index (χ1) is 7.85. The summed E-state index contributed by atoms with van der Waals surface area (Å²) >= 11 is 0. The smallest absolute Gasteiger partial charge is 0.383 e. The van der Waals surface area contributed by atoms with Crippen LogP contribution in [0.15, 0.2) is 12.3 Å². The number of alkyl halides is 3. The van der Waals surface area contributed by atoms with Crippen molar-refractivity contribution in [2.24, 2.45) is 0 Å². The minimum Gasteiger partial charge on any atom is -0.383 e. The van der Waals surface area contributed by atoms with Gasteiger partial charge in [0.15, 0.2) is 0 Å². The zero-order valence-electron chi connectivity index (χ0n) is 9.80. The fraction of sp³-hybridized carbons (Fsp3) is 0.545. The Morgan fingerprint density at radius 1 is 1.47 bits per heavy atom. The van der Waals surface area contributed by atoms with Gasteiger partial charge in [0.1, 0.15) is 5.82 Å². The molecule has 0 aliphatic heterocycles. The third-order valence-corrected chi connectivity index (χ3v) is 2.47. The van der Waals surface area contributed by atoms with Gasteiger partial charge >= 0.3 is 6.18 Å². The molecule has 1 heterocycles. The molecule has 3 nitrogen and oxygen atoms in total. The number of nitrogens with one attached hydrogen (secondary N) is 1. The first-order valence-electron chi connectivity index (χ1n) is 5.36. The minimum atomic E-state index is -4.23. The van der Waals surface area contributed by atoms with Crippen LogP contribution in [0.3, 0.4) is 0 Å². The molecule has 1 aromatic heterocycles. The Labute approximate surface area is 98.2 Å². The average Bonchev–Trinajstić information content (AvgIpc) is 2.15. The number of nitrogens with two attached hydrogens (primary N) is 1. The maximum atomic E-state index is 12.5.